The normalized spacial score (nSPS) is 14.9. The third kappa shape index (κ3) is 5.05. The van der Waals surface area contributed by atoms with E-state index >= 15 is 0 Å². The van der Waals surface area contributed by atoms with Gasteiger partial charge in [0.1, 0.15) is 0 Å². The zero-order valence-corrected chi connectivity index (χ0v) is 22.2. The Labute approximate surface area is 230 Å². The molecule has 0 radical (unpaired) electrons. The predicted molar refractivity (Wildman–Crippen MR) is 147 cm³/mol. The maximum Gasteiger partial charge on any atom is 0.269 e. The Morgan fingerprint density at radius 3 is 2.12 bits per heavy atom. The van der Waals surface area contributed by atoms with E-state index in [1.54, 1.807) is 36.3 Å². The highest BCUT2D eigenvalue weighted by Crippen LogP contribution is 2.34. The molecule has 11 heteroatoms. The van der Waals surface area contributed by atoms with Crippen molar-refractivity contribution >= 4 is 34.8 Å². The number of nitro benzene ring substituents is 1. The van der Waals surface area contributed by atoms with Gasteiger partial charge in [-0.1, -0.05) is 0 Å². The van der Waals surface area contributed by atoms with Gasteiger partial charge >= 0.3 is 0 Å². The van der Waals surface area contributed by atoms with Crippen LogP contribution in [0.5, 0.6) is 11.5 Å². The van der Waals surface area contributed by atoms with Gasteiger partial charge in [0.25, 0.3) is 17.5 Å². The number of aryl methyl sites for hydroxylation is 1. The summed E-state index contributed by atoms with van der Waals surface area (Å²) in [5.74, 6) is 0.151. The van der Waals surface area contributed by atoms with Gasteiger partial charge in [-0.15, -0.1) is 0 Å². The third-order valence-electron chi connectivity index (χ3n) is 7.25. The summed E-state index contributed by atoms with van der Waals surface area (Å²) in [5.41, 5.74) is 2.95. The van der Waals surface area contributed by atoms with Crippen molar-refractivity contribution in [1.82, 2.24) is 4.90 Å². The average Bonchev–Trinajstić information content (AvgIpc) is 2.99. The Bertz CT molecular complexity index is 1480. The highest BCUT2D eigenvalue weighted by molar-refractivity contribution is 6.22. The summed E-state index contributed by atoms with van der Waals surface area (Å²) in [4.78, 5) is 54.6. The number of carbonyl (C=O) groups is 3. The van der Waals surface area contributed by atoms with Gasteiger partial charge in [0.05, 0.1) is 24.8 Å². The average molecular weight is 545 g/mol. The molecule has 3 aromatic carbocycles. The number of piperazine rings is 1. The lowest BCUT2D eigenvalue weighted by Gasteiger charge is -2.37. The molecule has 0 aromatic heterocycles. The zero-order valence-electron chi connectivity index (χ0n) is 22.2. The predicted octanol–water partition coefficient (Wildman–Crippen LogP) is 3.69. The summed E-state index contributed by atoms with van der Waals surface area (Å²) in [6, 6.07) is 16.0. The van der Waals surface area contributed by atoms with E-state index in [4.69, 9.17) is 9.47 Å². The molecule has 2 aliphatic heterocycles. The number of nitrogens with zero attached hydrogens (tertiary/aromatic N) is 4. The molecule has 0 unspecified atom stereocenters. The number of methoxy groups -OCH3 is 2. The van der Waals surface area contributed by atoms with Gasteiger partial charge in [0.15, 0.2) is 11.5 Å². The second kappa shape index (κ2) is 11.0. The fourth-order valence-electron chi connectivity index (χ4n) is 5.07. The standard InChI is InChI=1S/C29H28N4O7/c1-39-25-11-5-21(18-26(25)40-2)28(35)31-15-13-30(14-16-31)23-9-10-24-20(17-23)6-12-27(34)32(24)29(36)19-3-7-22(8-4-19)33(37)38/h3-5,7-11,17-18H,6,12-16H2,1-2H3. The van der Waals surface area contributed by atoms with Crippen molar-refractivity contribution in [1.29, 1.82) is 0 Å². The van der Waals surface area contributed by atoms with Gasteiger partial charge in [-0.25, -0.2) is 4.90 Å². The Hall–Kier alpha value is -4.93. The van der Waals surface area contributed by atoms with Gasteiger partial charge < -0.3 is 19.3 Å². The van der Waals surface area contributed by atoms with E-state index in [1.807, 2.05) is 12.1 Å². The molecule has 40 heavy (non-hydrogen) atoms. The molecule has 5 rings (SSSR count). The SMILES string of the molecule is COc1ccc(C(=O)N2CCN(c3ccc4c(c3)CCC(=O)N4C(=O)c3ccc([N+](=O)[O-])cc3)CC2)cc1OC. The maximum absolute atomic E-state index is 13.2. The molecule has 0 atom stereocenters. The van der Waals surface area contributed by atoms with Gasteiger partial charge in [0, 0.05) is 61.5 Å². The van der Waals surface area contributed by atoms with E-state index in [0.29, 0.717) is 55.3 Å². The summed E-state index contributed by atoms with van der Waals surface area (Å²) in [6.07, 6.45) is 0.687. The number of rotatable bonds is 6. The summed E-state index contributed by atoms with van der Waals surface area (Å²) in [5, 5.41) is 10.9. The van der Waals surface area contributed by atoms with Crippen molar-refractivity contribution in [3.8, 4) is 11.5 Å². The van der Waals surface area contributed by atoms with E-state index < -0.39 is 10.8 Å². The number of ether oxygens (including phenoxy) is 2. The molecule has 3 amide bonds. The van der Waals surface area contributed by atoms with Crippen molar-refractivity contribution < 1.29 is 28.8 Å². The van der Waals surface area contributed by atoms with Crippen molar-refractivity contribution in [2.75, 3.05) is 50.2 Å². The van der Waals surface area contributed by atoms with Crippen LogP contribution in [-0.2, 0) is 11.2 Å². The lowest BCUT2D eigenvalue weighted by Crippen LogP contribution is -2.49. The first-order chi connectivity index (χ1) is 19.3. The van der Waals surface area contributed by atoms with Crippen molar-refractivity contribution in [2.24, 2.45) is 0 Å². The fraction of sp³-hybridized carbons (Fsp3) is 0.276. The number of fused-ring (bicyclic) bond motifs is 1. The number of nitro groups is 1. The first-order valence-electron chi connectivity index (χ1n) is 12.8. The second-order valence-electron chi connectivity index (χ2n) is 9.50. The number of hydrogen-bond donors (Lipinski definition) is 0. The molecule has 0 aliphatic carbocycles. The topological polar surface area (TPSA) is 123 Å². The van der Waals surface area contributed by atoms with Crippen LogP contribution in [-0.4, -0.2) is 67.9 Å². The van der Waals surface area contributed by atoms with Crippen LogP contribution >= 0.6 is 0 Å². The second-order valence-corrected chi connectivity index (χ2v) is 9.50. The van der Waals surface area contributed by atoms with E-state index in [-0.39, 0.29) is 29.5 Å². The van der Waals surface area contributed by atoms with Gasteiger partial charge in [0.2, 0.25) is 5.91 Å². The van der Waals surface area contributed by atoms with Crippen LogP contribution in [0, 0.1) is 10.1 Å². The highest BCUT2D eigenvalue weighted by Gasteiger charge is 2.31. The summed E-state index contributed by atoms with van der Waals surface area (Å²) in [7, 11) is 3.08. The van der Waals surface area contributed by atoms with E-state index in [9.17, 15) is 24.5 Å². The molecular weight excluding hydrogens is 516 g/mol. The molecule has 2 heterocycles. The first kappa shape index (κ1) is 26.7. The number of benzene rings is 3. The highest BCUT2D eigenvalue weighted by atomic mass is 16.6. The molecule has 1 saturated heterocycles. The van der Waals surface area contributed by atoms with Crippen LogP contribution in [0.2, 0.25) is 0 Å². The zero-order chi connectivity index (χ0) is 28.4. The van der Waals surface area contributed by atoms with Crippen LogP contribution in [0.25, 0.3) is 0 Å². The Morgan fingerprint density at radius 2 is 1.48 bits per heavy atom. The molecule has 0 N–H and O–H groups in total. The van der Waals surface area contributed by atoms with Gasteiger partial charge in [-0.3, -0.25) is 24.5 Å². The number of anilines is 2. The number of amides is 3. The molecule has 206 valence electrons. The molecular formula is C29H28N4O7. The fourth-order valence-corrected chi connectivity index (χ4v) is 5.07. The molecule has 0 saturated carbocycles. The number of non-ortho nitro benzene ring substituents is 1. The van der Waals surface area contributed by atoms with E-state index in [0.717, 1.165) is 16.2 Å². The largest absolute Gasteiger partial charge is 0.493 e. The minimum absolute atomic E-state index is 0.0787. The molecule has 1 fully saturated rings. The molecule has 11 nitrogen and oxygen atoms in total. The number of imide groups is 1. The summed E-state index contributed by atoms with van der Waals surface area (Å²) >= 11 is 0. The van der Waals surface area contributed by atoms with Crippen molar-refractivity contribution in [3.05, 3.63) is 87.5 Å². The summed E-state index contributed by atoms with van der Waals surface area (Å²) in [6.45, 7) is 2.32. The minimum atomic E-state index is -0.539. The smallest absolute Gasteiger partial charge is 0.269 e. The third-order valence-corrected chi connectivity index (χ3v) is 7.25. The lowest BCUT2D eigenvalue weighted by atomic mass is 9.99. The van der Waals surface area contributed by atoms with Crippen LogP contribution in [0.15, 0.2) is 60.7 Å². The quantitative estimate of drug-likeness (QED) is 0.262. The van der Waals surface area contributed by atoms with Gasteiger partial charge in [-0.05, 0) is 60.5 Å². The molecule has 3 aromatic rings. The minimum Gasteiger partial charge on any atom is -0.493 e. The van der Waals surface area contributed by atoms with Crippen molar-refractivity contribution in [2.45, 2.75) is 12.8 Å². The van der Waals surface area contributed by atoms with Gasteiger partial charge in [-0.2, -0.15) is 0 Å². The molecule has 0 spiro atoms. The Morgan fingerprint density at radius 1 is 0.800 bits per heavy atom. The van der Waals surface area contributed by atoms with Crippen LogP contribution in [0.4, 0.5) is 17.1 Å². The van der Waals surface area contributed by atoms with E-state index in [1.165, 1.54) is 31.4 Å². The number of hydrogen-bond acceptors (Lipinski definition) is 8. The first-order valence-corrected chi connectivity index (χ1v) is 12.8. The van der Waals surface area contributed by atoms with E-state index in [2.05, 4.69) is 4.90 Å². The Balaban J connectivity index is 1.29. The monoisotopic (exact) mass is 544 g/mol. The maximum atomic E-state index is 13.2. The van der Waals surface area contributed by atoms with Crippen molar-refractivity contribution in [3.63, 3.8) is 0 Å². The molecule has 0 bridgehead atoms. The molecule has 2 aliphatic rings. The van der Waals surface area contributed by atoms with Crippen LogP contribution < -0.4 is 19.3 Å². The number of carbonyl (C=O) groups excluding carboxylic acids is 3. The Kier molecular flexibility index (Phi) is 7.37. The summed E-state index contributed by atoms with van der Waals surface area (Å²) < 4.78 is 10.6. The lowest BCUT2D eigenvalue weighted by molar-refractivity contribution is -0.384. The van der Waals surface area contributed by atoms with Crippen LogP contribution in [0.1, 0.15) is 32.7 Å². The van der Waals surface area contributed by atoms with Crippen LogP contribution in [0.3, 0.4) is 0 Å².